The molecule has 8 heterocycles. The molecule has 0 radical (unpaired) electrons. The Balaban J connectivity index is 0.000000195. The van der Waals surface area contributed by atoms with Crippen LogP contribution in [-0.2, 0) is 37.9 Å². The summed E-state index contributed by atoms with van der Waals surface area (Å²) in [6.45, 7) is 15.7. The number of nitrogens with zero attached hydrogens (tertiary/aromatic N) is 13. The minimum absolute atomic E-state index is 0.0206. The molecule has 2 fully saturated rings. The van der Waals surface area contributed by atoms with E-state index in [2.05, 4.69) is 64.7 Å². The highest BCUT2D eigenvalue weighted by Crippen LogP contribution is 2.28. The molecular formula is C55H68N16O6S2. The van der Waals surface area contributed by atoms with Gasteiger partial charge in [-0.1, -0.05) is 12.1 Å². The summed E-state index contributed by atoms with van der Waals surface area (Å²) in [5.41, 5.74) is 6.47. The number of amides is 1. The summed E-state index contributed by atoms with van der Waals surface area (Å²) in [4.78, 5) is 46.1. The van der Waals surface area contributed by atoms with Crippen LogP contribution in [0.15, 0.2) is 122 Å². The number of fused-ring (bicyclic) bond motifs is 2. The van der Waals surface area contributed by atoms with Crippen molar-refractivity contribution in [1.82, 2.24) is 49.3 Å². The molecule has 2 aliphatic heterocycles. The van der Waals surface area contributed by atoms with E-state index in [4.69, 9.17) is 14.7 Å². The highest BCUT2D eigenvalue weighted by molar-refractivity contribution is 7.92. The Kier molecular flexibility index (Phi) is 16.3. The third kappa shape index (κ3) is 13.6. The van der Waals surface area contributed by atoms with Gasteiger partial charge in [0.15, 0.2) is 0 Å². The molecule has 2 saturated heterocycles. The number of carbonyl (C=O) groups excluding carboxylic acids is 1. The van der Waals surface area contributed by atoms with Crippen molar-refractivity contribution >= 4 is 94.5 Å². The summed E-state index contributed by atoms with van der Waals surface area (Å²) in [7, 11) is -3.90. The zero-order valence-corrected chi connectivity index (χ0v) is 47.6. The molecule has 0 bridgehead atoms. The maximum Gasteiger partial charge on any atom is 0.410 e. The van der Waals surface area contributed by atoms with Crippen LogP contribution in [0.3, 0.4) is 0 Å². The van der Waals surface area contributed by atoms with Crippen molar-refractivity contribution < 1.29 is 26.4 Å². The van der Waals surface area contributed by atoms with E-state index in [9.17, 15) is 21.6 Å². The average molecular weight is 1110 g/mol. The number of benzene rings is 2. The lowest BCUT2D eigenvalue weighted by Crippen LogP contribution is -2.55. The number of rotatable bonds is 14. The summed E-state index contributed by atoms with van der Waals surface area (Å²) >= 11 is 0. The Morgan fingerprint density at radius 2 is 1.13 bits per heavy atom. The molecule has 8 aromatic rings. The fourth-order valence-electron chi connectivity index (χ4n) is 9.39. The second-order valence-corrected chi connectivity index (χ2v) is 24.9. The van der Waals surface area contributed by atoms with Gasteiger partial charge in [-0.25, -0.2) is 41.6 Å². The maximum atomic E-state index is 12.6. The molecule has 0 unspecified atom stereocenters. The Bertz CT molecular complexity index is 3660. The third-order valence-electron chi connectivity index (χ3n) is 13.6. The van der Waals surface area contributed by atoms with Gasteiger partial charge in [0.2, 0.25) is 31.9 Å². The molecule has 2 aliphatic rings. The van der Waals surface area contributed by atoms with Crippen LogP contribution >= 0.6 is 0 Å². The Hall–Kier alpha value is -8.09. The quantitative estimate of drug-likeness (QED) is 0.0971. The van der Waals surface area contributed by atoms with Crippen LogP contribution in [0.2, 0.25) is 0 Å². The average Bonchev–Trinajstić information content (AvgIpc) is 4.19. The van der Waals surface area contributed by atoms with E-state index in [0.29, 0.717) is 67.9 Å². The van der Waals surface area contributed by atoms with E-state index in [1.807, 2.05) is 110 Å². The van der Waals surface area contributed by atoms with E-state index in [0.717, 1.165) is 70.5 Å². The summed E-state index contributed by atoms with van der Waals surface area (Å²) in [6.07, 6.45) is 12.6. The van der Waals surface area contributed by atoms with E-state index in [1.165, 1.54) is 34.6 Å². The SMILES string of the molecule is C[C@H]1CN(c2ccc(Nc3ncc4ccn(Cc5cccnc5N(C)S(C)(=O)=O)c4n3)cc2)CCN1.C[C@H]1CN(c2ccc(Nc3ncc4ccn(Cc5cccnc5N(C)S(C)(=O)=O)c4n3)cc2)CCN1C(=O)OC(C)(C)C. The van der Waals surface area contributed by atoms with Gasteiger partial charge in [0.05, 0.1) is 25.6 Å². The van der Waals surface area contributed by atoms with Gasteiger partial charge >= 0.3 is 6.09 Å². The zero-order chi connectivity index (χ0) is 56.2. The van der Waals surface area contributed by atoms with Gasteiger partial charge in [-0.15, -0.1) is 0 Å². The minimum atomic E-state index is -3.46. The normalized spacial score (nSPS) is 16.1. The molecule has 22 nitrogen and oxygen atoms in total. The number of aromatic nitrogens is 8. The highest BCUT2D eigenvalue weighted by atomic mass is 32.2. The molecule has 24 heteroatoms. The zero-order valence-electron chi connectivity index (χ0n) is 45.9. The minimum Gasteiger partial charge on any atom is -0.444 e. The fourth-order valence-corrected chi connectivity index (χ4v) is 10.3. The highest BCUT2D eigenvalue weighted by Gasteiger charge is 2.31. The molecule has 0 saturated carbocycles. The van der Waals surface area contributed by atoms with Crippen molar-refractivity contribution in [3.8, 4) is 0 Å². The van der Waals surface area contributed by atoms with Gasteiger partial charge in [0.25, 0.3) is 0 Å². The van der Waals surface area contributed by atoms with Crippen LogP contribution < -0.4 is 34.4 Å². The summed E-state index contributed by atoms with van der Waals surface area (Å²) in [6, 6.07) is 28.0. The topological polar surface area (TPSA) is 234 Å². The van der Waals surface area contributed by atoms with E-state index < -0.39 is 25.6 Å². The predicted molar refractivity (Wildman–Crippen MR) is 312 cm³/mol. The van der Waals surface area contributed by atoms with Crippen molar-refractivity contribution in [3.05, 3.63) is 133 Å². The van der Waals surface area contributed by atoms with E-state index in [1.54, 1.807) is 41.8 Å². The molecule has 6 aromatic heterocycles. The first-order chi connectivity index (χ1) is 37.6. The van der Waals surface area contributed by atoms with Crippen molar-refractivity contribution in [2.24, 2.45) is 0 Å². The number of carbonyl (C=O) groups is 1. The van der Waals surface area contributed by atoms with Gasteiger partial charge in [0.1, 0.15) is 28.5 Å². The smallest absolute Gasteiger partial charge is 0.410 e. The number of pyridine rings is 2. The molecule has 2 aromatic carbocycles. The second-order valence-electron chi connectivity index (χ2n) is 20.9. The number of anilines is 8. The van der Waals surface area contributed by atoms with Crippen LogP contribution in [0.1, 0.15) is 45.7 Å². The monoisotopic (exact) mass is 1110 g/mol. The van der Waals surface area contributed by atoms with Gasteiger partial charge in [-0.3, -0.25) is 8.61 Å². The van der Waals surface area contributed by atoms with Crippen molar-refractivity contribution in [2.45, 2.75) is 65.4 Å². The summed E-state index contributed by atoms with van der Waals surface area (Å²) < 4.78 is 60.3. The molecular weight excluding hydrogens is 1040 g/mol. The van der Waals surface area contributed by atoms with E-state index in [-0.39, 0.29) is 12.1 Å². The Labute approximate surface area is 461 Å². The van der Waals surface area contributed by atoms with Crippen molar-refractivity contribution in [3.63, 3.8) is 0 Å². The molecule has 10 rings (SSSR count). The van der Waals surface area contributed by atoms with E-state index >= 15 is 0 Å². The number of piperazine rings is 2. The van der Waals surface area contributed by atoms with Crippen molar-refractivity contribution in [2.75, 3.05) is 94.9 Å². The first-order valence-corrected chi connectivity index (χ1v) is 29.6. The molecule has 3 N–H and O–H groups in total. The Morgan fingerprint density at radius 3 is 1.56 bits per heavy atom. The number of hydrogen-bond donors (Lipinski definition) is 3. The lowest BCUT2D eigenvalue weighted by molar-refractivity contribution is 0.0159. The first kappa shape index (κ1) is 55.7. The Morgan fingerprint density at radius 1 is 0.658 bits per heavy atom. The van der Waals surface area contributed by atoms with Crippen molar-refractivity contribution in [1.29, 1.82) is 0 Å². The van der Waals surface area contributed by atoms with Crippen LogP contribution in [0.25, 0.3) is 22.1 Å². The lowest BCUT2D eigenvalue weighted by atomic mass is 10.1. The van der Waals surface area contributed by atoms with Gasteiger partial charge in [-0.05, 0) is 107 Å². The predicted octanol–water partition coefficient (Wildman–Crippen LogP) is 7.27. The van der Waals surface area contributed by atoms with Crippen LogP contribution in [0, 0.1) is 0 Å². The van der Waals surface area contributed by atoms with Gasteiger partial charge in [0, 0.05) is 147 Å². The largest absolute Gasteiger partial charge is 0.444 e. The third-order valence-corrected chi connectivity index (χ3v) is 15.9. The molecule has 0 spiro atoms. The number of sulfonamides is 2. The molecule has 79 heavy (non-hydrogen) atoms. The summed E-state index contributed by atoms with van der Waals surface area (Å²) in [5, 5.41) is 11.8. The number of ether oxygens (including phenoxy) is 1. The molecule has 2 atom stereocenters. The molecule has 0 aliphatic carbocycles. The van der Waals surface area contributed by atoms with Gasteiger partial charge in [-0.2, -0.15) is 9.97 Å². The number of nitrogens with one attached hydrogen (secondary N) is 3. The second kappa shape index (κ2) is 23.1. The molecule has 416 valence electrons. The first-order valence-electron chi connectivity index (χ1n) is 25.9. The van der Waals surface area contributed by atoms with Crippen LogP contribution in [0.4, 0.5) is 51.1 Å². The van der Waals surface area contributed by atoms with Gasteiger partial charge < -0.3 is 44.5 Å². The van der Waals surface area contributed by atoms with Crippen LogP contribution in [0.5, 0.6) is 0 Å². The maximum absolute atomic E-state index is 12.6. The summed E-state index contributed by atoms with van der Waals surface area (Å²) in [5.74, 6) is 1.71. The van der Waals surface area contributed by atoms with Crippen LogP contribution in [-0.4, -0.2) is 150 Å². The standard InChI is InChI=1S/C30H38N8O4S.C25H30N8O2S/c1-21-19-36(16-17-38(21)29(39)42-30(2,3)4)25-11-9-24(10-12-25)33-28-32-18-22-13-15-37(27(22)34-28)20-23-8-7-14-31-26(23)35(5)43(6,40)41;1-18-16-32(14-12-26-18)22-8-6-21(7-9-22)29-25-28-15-19-10-13-33(24(19)30-25)17-20-5-4-11-27-23(20)31(2)36(3,34)35/h7-15,18,21H,16-17,19-20H2,1-6H3,(H,32,33,34);4-11,13,15,18,26H,12,14,16-17H2,1-3H3,(H,28,29,30)/t21-;18-/m00/s1. The lowest BCUT2D eigenvalue weighted by Gasteiger charge is -2.41. The molecule has 1 amide bonds. The number of hydrogen-bond acceptors (Lipinski definition) is 17. The fraction of sp³-hybridized carbons (Fsp3) is 0.364.